The van der Waals surface area contributed by atoms with E-state index in [4.69, 9.17) is 0 Å². The highest BCUT2D eigenvalue weighted by Gasteiger charge is 2.45. The van der Waals surface area contributed by atoms with E-state index in [0.717, 1.165) is 21.6 Å². The number of aromatic hydroxyl groups is 1. The van der Waals surface area contributed by atoms with Crippen LogP contribution in [-0.2, 0) is 59.2 Å². The number of Topliss-reactive ketones (excluding diaryl/α,β-unsaturated/α-hetero) is 6. The van der Waals surface area contributed by atoms with Gasteiger partial charge in [-0.2, -0.15) is 0 Å². The minimum atomic E-state index is -1.27. The molecule has 2 heterocycles. The van der Waals surface area contributed by atoms with Crippen molar-refractivity contribution in [2.24, 2.45) is 63.6 Å². The molecule has 0 aliphatic carbocycles. The SMILES string of the molecule is CCC.CCC.CCC(C)[C@H](NC(=O)[C@H](C)CC(=O)[C@@H]1CSSC[C@H](NC(=O)C(CC(=O)[C@H](CC(C)(C)C)NC(C)(C)C)C(C)(C)C)C(=O)N2C[C@H](C)C[C@@H]2C(=O)C[C@@H](Cc2ccc(O)c(C)c2)C(=O)N[C@@H](C)C(=O)C[C@@H](CC(C)C)C(=O)N1)C(=O)C[C@@H](C)C(=O)C(C)(C)C. The Morgan fingerprint density at radius 1 is 0.705 bits per heavy atom. The second kappa shape index (κ2) is 40.2. The van der Waals surface area contributed by atoms with Gasteiger partial charge in [0.1, 0.15) is 17.6 Å². The number of benzene rings is 1. The molecule has 1 aromatic rings. The molecule has 2 fully saturated rings. The third-order valence-corrected chi connectivity index (χ3v) is 19.5. The number of phenols is 1. The second-order valence-electron chi connectivity index (χ2n) is 32.3. The molecule has 2 saturated heterocycles. The predicted octanol–water partition coefficient (Wildman–Crippen LogP) is 12.5. The normalized spacial score (nSPS) is 22.7. The Labute approximate surface area is 580 Å². The zero-order valence-corrected chi connectivity index (χ0v) is 64.8. The molecule has 5 amide bonds. The molecule has 0 spiro atoms. The van der Waals surface area contributed by atoms with Gasteiger partial charge in [0.05, 0.1) is 30.2 Å². The van der Waals surface area contributed by atoms with Crippen LogP contribution in [0.15, 0.2) is 18.2 Å². The van der Waals surface area contributed by atoms with Crippen LogP contribution in [0.4, 0.5) is 0 Å². The summed E-state index contributed by atoms with van der Waals surface area (Å²) >= 11 is 0. The Kier molecular flexibility index (Phi) is 37.3. The van der Waals surface area contributed by atoms with Gasteiger partial charge in [0.15, 0.2) is 28.9 Å². The summed E-state index contributed by atoms with van der Waals surface area (Å²) in [6, 6.07) is -1.26. The smallest absolute Gasteiger partial charge is 0.246 e. The molecule has 1 aromatic carbocycles. The average Bonchev–Trinajstić information content (AvgIpc) is 1.76. The molecular formula is C75H128N6O12S2. The summed E-state index contributed by atoms with van der Waals surface area (Å²) < 4.78 is 0. The number of carbonyl (C=O) groups excluding carboxylic acids is 11. The minimum Gasteiger partial charge on any atom is -0.508 e. The van der Waals surface area contributed by atoms with Crippen molar-refractivity contribution in [2.75, 3.05) is 18.1 Å². The number of rotatable bonds is 22. The summed E-state index contributed by atoms with van der Waals surface area (Å²) in [4.78, 5) is 160. The van der Waals surface area contributed by atoms with E-state index in [1.807, 2.05) is 96.9 Å². The number of fused-ring (bicyclic) bond motifs is 1. The van der Waals surface area contributed by atoms with E-state index >= 15 is 9.59 Å². The lowest BCUT2D eigenvalue weighted by Crippen LogP contribution is -2.55. The van der Waals surface area contributed by atoms with Crippen LogP contribution in [0.3, 0.4) is 0 Å². The summed E-state index contributed by atoms with van der Waals surface area (Å²) in [7, 11) is 2.31. The van der Waals surface area contributed by atoms with Crippen LogP contribution >= 0.6 is 21.6 Å². The first-order valence-electron chi connectivity index (χ1n) is 35.2. The first-order valence-corrected chi connectivity index (χ1v) is 37.7. The molecule has 542 valence electrons. The van der Waals surface area contributed by atoms with Crippen LogP contribution in [0, 0.1) is 70.5 Å². The maximum absolute atomic E-state index is 15.4. The van der Waals surface area contributed by atoms with Gasteiger partial charge in [-0.25, -0.2) is 0 Å². The summed E-state index contributed by atoms with van der Waals surface area (Å²) in [6.45, 7) is 47.6. The van der Waals surface area contributed by atoms with Crippen molar-refractivity contribution in [1.82, 2.24) is 31.5 Å². The molecule has 0 aromatic heterocycles. The van der Waals surface area contributed by atoms with E-state index in [1.165, 1.54) is 30.7 Å². The number of amides is 5. The Hall–Kier alpha value is -4.95. The van der Waals surface area contributed by atoms with Crippen molar-refractivity contribution in [2.45, 2.75) is 292 Å². The molecule has 13 atom stereocenters. The van der Waals surface area contributed by atoms with Crippen LogP contribution < -0.4 is 26.6 Å². The average molecular weight is 1370 g/mol. The van der Waals surface area contributed by atoms with Gasteiger partial charge in [0.25, 0.3) is 0 Å². The second-order valence-corrected chi connectivity index (χ2v) is 34.9. The fourth-order valence-electron chi connectivity index (χ4n) is 11.8. The molecule has 6 N–H and O–H groups in total. The maximum atomic E-state index is 15.4. The van der Waals surface area contributed by atoms with E-state index in [9.17, 15) is 48.3 Å². The lowest BCUT2D eigenvalue weighted by molar-refractivity contribution is -0.142. The molecule has 0 saturated carbocycles. The van der Waals surface area contributed by atoms with Gasteiger partial charge in [-0.3, -0.25) is 52.7 Å². The van der Waals surface area contributed by atoms with E-state index in [-0.39, 0.29) is 116 Å². The summed E-state index contributed by atoms with van der Waals surface area (Å²) in [5.74, 6) is -9.96. The topological polar surface area (TPSA) is 271 Å². The highest BCUT2D eigenvalue weighted by atomic mass is 33.1. The Balaban J connectivity index is 0.00000722. The first-order chi connectivity index (χ1) is 43.7. The largest absolute Gasteiger partial charge is 0.508 e. The van der Waals surface area contributed by atoms with Gasteiger partial charge < -0.3 is 36.6 Å². The molecule has 2 unspecified atom stereocenters. The van der Waals surface area contributed by atoms with Crippen molar-refractivity contribution < 1.29 is 57.8 Å². The highest BCUT2D eigenvalue weighted by Crippen LogP contribution is 2.35. The van der Waals surface area contributed by atoms with E-state index in [2.05, 4.69) is 54.3 Å². The first kappa shape index (κ1) is 88.1. The third kappa shape index (κ3) is 31.2. The molecule has 2 aliphatic heterocycles. The number of hydrogen-bond acceptors (Lipinski definition) is 15. The highest BCUT2D eigenvalue weighted by molar-refractivity contribution is 8.76. The summed E-state index contributed by atoms with van der Waals surface area (Å²) in [5, 5.41) is 25.5. The molecule has 0 radical (unpaired) electrons. The number of aryl methyl sites for hydroxylation is 1. The Bertz CT molecular complexity index is 2700. The van der Waals surface area contributed by atoms with Crippen molar-refractivity contribution in [3.05, 3.63) is 29.3 Å². The van der Waals surface area contributed by atoms with Gasteiger partial charge >= 0.3 is 0 Å². The van der Waals surface area contributed by atoms with Gasteiger partial charge in [-0.15, -0.1) is 0 Å². The quantitative estimate of drug-likeness (QED) is 0.0589. The van der Waals surface area contributed by atoms with Crippen LogP contribution in [0.2, 0.25) is 0 Å². The summed E-state index contributed by atoms with van der Waals surface area (Å²) in [5.41, 5.74) is -0.926. The molecule has 20 heteroatoms. The molecule has 95 heavy (non-hydrogen) atoms. The zero-order chi connectivity index (χ0) is 73.4. The monoisotopic (exact) mass is 1370 g/mol. The Morgan fingerprint density at radius 3 is 1.78 bits per heavy atom. The maximum Gasteiger partial charge on any atom is 0.246 e. The number of phenolic OH excluding ortho intramolecular Hbond substituents is 1. The number of nitrogens with zero attached hydrogens (tertiary/aromatic N) is 1. The van der Waals surface area contributed by atoms with Crippen LogP contribution in [0.5, 0.6) is 5.75 Å². The summed E-state index contributed by atoms with van der Waals surface area (Å²) in [6.07, 6.45) is 2.89. The van der Waals surface area contributed by atoms with Crippen molar-refractivity contribution >= 4 is 85.8 Å². The minimum absolute atomic E-state index is 0.0426. The number of ketones is 6. The van der Waals surface area contributed by atoms with Gasteiger partial charge in [0, 0.05) is 90.7 Å². The van der Waals surface area contributed by atoms with E-state index in [1.54, 1.807) is 53.7 Å². The fourth-order valence-corrected chi connectivity index (χ4v) is 14.2. The lowest BCUT2D eigenvalue weighted by atomic mass is 9.75. The van der Waals surface area contributed by atoms with Crippen LogP contribution in [-0.4, -0.2) is 134 Å². The third-order valence-electron chi connectivity index (χ3n) is 17.1. The standard InChI is InChI=1S/C69H112N6O12S2.2C3H8/c1-22-40(5)59(58(81)28-42(7)60(82)68(16,17)18)73-61(83)43(8)29-55(78)50-36-88-89-37-51(72-64(86)48(67(13,14)15)33-56(79)49(34-66(10,11)12)74-69(19,20)21)65(87)75-35-39(4)26-52(75)57(80)32-47(30-45-23-24-53(76)41(6)27-45)62(84)70-44(9)54(77)31-46(25-38(2)3)63(85)71-50;2*1-3-2/h23-24,27,38-40,42-44,46-52,59,74,76H,22,25-26,28-37H2,1-21H3,(H,70,84)(H,71,85)(H,72,86)(H,73,83);2*3H2,1-2H3/t39-,40?,42-,43-,44+,46-,47-,48?,49+,50+,51+,52-,59+;;/m1../s1. The fraction of sp³-hybridized carbons (Fsp3) is 0.773. The van der Waals surface area contributed by atoms with Crippen molar-refractivity contribution in [3.8, 4) is 5.75 Å². The molecule has 18 nitrogen and oxygen atoms in total. The lowest BCUT2D eigenvalue weighted by Gasteiger charge is -2.35. The molecule has 2 aliphatic rings. The van der Waals surface area contributed by atoms with E-state index < -0.39 is 129 Å². The zero-order valence-electron chi connectivity index (χ0n) is 63.1. The van der Waals surface area contributed by atoms with Gasteiger partial charge in [-0.05, 0) is 106 Å². The van der Waals surface area contributed by atoms with E-state index in [0.29, 0.717) is 24.0 Å². The van der Waals surface area contributed by atoms with Crippen molar-refractivity contribution in [1.29, 1.82) is 0 Å². The number of hydrogen-bond donors (Lipinski definition) is 6. The predicted molar refractivity (Wildman–Crippen MR) is 387 cm³/mol. The number of nitrogens with one attached hydrogen (secondary N) is 5. The van der Waals surface area contributed by atoms with Crippen LogP contribution in [0.25, 0.3) is 0 Å². The Morgan fingerprint density at radius 2 is 1.26 bits per heavy atom. The van der Waals surface area contributed by atoms with Crippen LogP contribution in [0.1, 0.15) is 248 Å². The molecular weight excluding hydrogens is 1240 g/mol. The van der Waals surface area contributed by atoms with Crippen molar-refractivity contribution in [3.63, 3.8) is 0 Å². The molecule has 0 bridgehead atoms. The number of carbonyl (C=O) groups is 11. The molecule has 3 rings (SSSR count). The van der Waals surface area contributed by atoms with Gasteiger partial charge in [0.2, 0.25) is 29.5 Å². The van der Waals surface area contributed by atoms with Gasteiger partial charge in [-0.1, -0.05) is 191 Å².